The highest BCUT2D eigenvalue weighted by molar-refractivity contribution is 7.93. The Bertz CT molecular complexity index is 335. The Balaban J connectivity index is 2.81. The van der Waals surface area contributed by atoms with Gasteiger partial charge in [0.25, 0.3) is 11.9 Å². The van der Waals surface area contributed by atoms with Crippen molar-refractivity contribution in [2.45, 2.75) is 4.90 Å². The lowest BCUT2D eigenvalue weighted by Gasteiger charge is -1.93. The van der Waals surface area contributed by atoms with Crippen LogP contribution in [0.1, 0.15) is 10.4 Å². The lowest BCUT2D eigenvalue weighted by atomic mass is 10.2. The zero-order valence-electron chi connectivity index (χ0n) is 6.34. The number of nitro groups is 1. The molecule has 5 nitrogen and oxygen atoms in total. The normalized spacial score (nSPS) is 9.54. The third-order valence-corrected chi connectivity index (χ3v) is 1.91. The average Bonchev–Trinajstić information content (AvgIpc) is 2.04. The number of nitrogens with zero attached hydrogens (tertiary/aromatic N) is 1. The van der Waals surface area contributed by atoms with Crippen LogP contribution < -0.4 is 0 Å². The van der Waals surface area contributed by atoms with Crippen LogP contribution in [-0.2, 0) is 0 Å². The minimum atomic E-state index is -1.04. The molecule has 0 saturated heterocycles. The molecule has 0 radical (unpaired) electrons. The number of hydrogen-bond acceptors (Lipinski definition) is 4. The molecule has 0 unspecified atom stereocenters. The summed E-state index contributed by atoms with van der Waals surface area (Å²) in [7, 11) is 0. The Morgan fingerprint density at radius 3 is 2.31 bits per heavy atom. The van der Waals surface area contributed by atoms with Gasteiger partial charge in [-0.15, -0.1) is 0 Å². The second kappa shape index (κ2) is 3.90. The summed E-state index contributed by atoms with van der Waals surface area (Å²) in [5.41, 5.74) is 0.118. The Labute approximate surface area is 77.7 Å². The summed E-state index contributed by atoms with van der Waals surface area (Å²) in [6.45, 7) is 0. The van der Waals surface area contributed by atoms with Crippen molar-refractivity contribution < 1.29 is 14.2 Å². The predicted octanol–water partition coefficient (Wildman–Crippen LogP) is 1.67. The fourth-order valence-electron chi connectivity index (χ4n) is 0.744. The number of hydrogen-bond donors (Lipinski definition) is 1. The van der Waals surface area contributed by atoms with Crippen molar-refractivity contribution in [1.29, 1.82) is 0 Å². The van der Waals surface area contributed by atoms with Gasteiger partial charge in [0.05, 0.1) is 10.5 Å². The first-order valence-electron chi connectivity index (χ1n) is 3.25. The van der Waals surface area contributed by atoms with E-state index in [0.717, 1.165) is 0 Å². The summed E-state index contributed by atoms with van der Waals surface area (Å²) in [5, 5.41) is 18.6. The topological polar surface area (TPSA) is 80.4 Å². The number of carboxylic acids is 1. The van der Waals surface area contributed by atoms with Crippen LogP contribution in [0.25, 0.3) is 0 Å². The summed E-state index contributed by atoms with van der Waals surface area (Å²) < 4.78 is -0.546. The van der Waals surface area contributed by atoms with Gasteiger partial charge in [0, 0.05) is 0 Å². The fraction of sp³-hybridized carbons (Fsp3) is 0. The molecule has 0 saturated carbocycles. The molecule has 0 atom stereocenters. The summed E-state index contributed by atoms with van der Waals surface area (Å²) in [4.78, 5) is 20.8. The molecule has 0 aliphatic rings. The minimum Gasteiger partial charge on any atom is -0.478 e. The molecule has 1 aromatic carbocycles. The predicted molar refractivity (Wildman–Crippen MR) is 46.3 cm³/mol. The molecule has 1 N–H and O–H groups in total. The van der Waals surface area contributed by atoms with Crippen molar-refractivity contribution in [2.75, 3.05) is 0 Å². The monoisotopic (exact) mass is 199 g/mol. The van der Waals surface area contributed by atoms with E-state index < -0.39 is 10.3 Å². The molecule has 0 bridgehead atoms. The van der Waals surface area contributed by atoms with Gasteiger partial charge < -0.3 is 5.11 Å². The minimum absolute atomic E-state index is 0.118. The highest BCUT2D eigenvalue weighted by Crippen LogP contribution is 2.18. The maximum Gasteiger partial charge on any atom is 0.335 e. The maximum absolute atomic E-state index is 10.4. The molecule has 6 heteroatoms. The van der Waals surface area contributed by atoms with Gasteiger partial charge in [0.15, 0.2) is 0 Å². The first kappa shape index (κ1) is 9.53. The Morgan fingerprint density at radius 2 is 1.92 bits per heavy atom. The molecule has 0 aliphatic heterocycles. The molecule has 0 amide bonds. The van der Waals surface area contributed by atoms with E-state index in [4.69, 9.17) is 5.11 Å². The van der Waals surface area contributed by atoms with Crippen molar-refractivity contribution in [3.05, 3.63) is 39.9 Å². The molecule has 13 heavy (non-hydrogen) atoms. The molecular formula is C7H5NO4S. The standard InChI is InChI=1S/C7H5NO4S/c9-7(10)5-1-3-6(4-2-5)13-8(11)12/h1-4H,(H,9,10). The molecular weight excluding hydrogens is 194 g/mol. The number of aromatic carboxylic acids is 1. The first-order chi connectivity index (χ1) is 6.09. The van der Waals surface area contributed by atoms with Crippen LogP contribution in [0.4, 0.5) is 0 Å². The van der Waals surface area contributed by atoms with E-state index in [9.17, 15) is 14.9 Å². The molecule has 0 heterocycles. The van der Waals surface area contributed by atoms with Crippen LogP contribution in [0.2, 0.25) is 0 Å². The van der Waals surface area contributed by atoms with Crippen LogP contribution in [0, 0.1) is 10.1 Å². The third-order valence-electron chi connectivity index (χ3n) is 1.28. The number of carboxylic acid groups (broad SMARTS) is 1. The van der Waals surface area contributed by atoms with Gasteiger partial charge in [-0.2, -0.15) is 0 Å². The van der Waals surface area contributed by atoms with E-state index in [1.807, 2.05) is 0 Å². The van der Waals surface area contributed by atoms with Gasteiger partial charge in [-0.05, 0) is 24.3 Å². The number of rotatable bonds is 3. The van der Waals surface area contributed by atoms with E-state index in [1.165, 1.54) is 24.3 Å². The summed E-state index contributed by atoms with van der Waals surface area (Å²) in [6.07, 6.45) is 0. The fourth-order valence-corrected chi connectivity index (χ4v) is 1.17. The molecule has 1 rings (SSSR count). The smallest absolute Gasteiger partial charge is 0.335 e. The van der Waals surface area contributed by atoms with E-state index in [1.54, 1.807) is 0 Å². The van der Waals surface area contributed by atoms with Crippen LogP contribution >= 0.6 is 11.9 Å². The second-order valence-corrected chi connectivity index (χ2v) is 3.10. The Kier molecular flexibility index (Phi) is 2.86. The first-order valence-corrected chi connectivity index (χ1v) is 4.02. The number of benzene rings is 1. The van der Waals surface area contributed by atoms with E-state index in [2.05, 4.69) is 0 Å². The maximum atomic E-state index is 10.4. The number of carbonyl (C=O) groups is 1. The van der Waals surface area contributed by atoms with Crippen molar-refractivity contribution in [1.82, 2.24) is 0 Å². The molecule has 68 valence electrons. The second-order valence-electron chi connectivity index (χ2n) is 2.14. The van der Waals surface area contributed by atoms with Gasteiger partial charge in [0.2, 0.25) is 0 Å². The average molecular weight is 199 g/mol. The van der Waals surface area contributed by atoms with Gasteiger partial charge in [-0.1, -0.05) is 0 Å². The molecule has 0 spiro atoms. The largest absolute Gasteiger partial charge is 0.478 e. The quantitative estimate of drug-likeness (QED) is 0.455. The van der Waals surface area contributed by atoms with Crippen LogP contribution in [0.15, 0.2) is 29.2 Å². The molecule has 0 aliphatic carbocycles. The zero-order valence-corrected chi connectivity index (χ0v) is 7.15. The van der Waals surface area contributed by atoms with E-state index >= 15 is 0 Å². The summed E-state index contributed by atoms with van der Waals surface area (Å²) >= 11 is 0.448. The van der Waals surface area contributed by atoms with Crippen molar-refractivity contribution in [3.63, 3.8) is 0 Å². The van der Waals surface area contributed by atoms with Crippen molar-refractivity contribution in [3.8, 4) is 0 Å². The van der Waals surface area contributed by atoms with Crippen molar-refractivity contribution in [2.24, 2.45) is 0 Å². The van der Waals surface area contributed by atoms with Gasteiger partial charge in [-0.3, -0.25) is 10.1 Å². The highest BCUT2D eigenvalue weighted by atomic mass is 32.2. The third kappa shape index (κ3) is 2.75. The Hall–Kier alpha value is -1.56. The highest BCUT2D eigenvalue weighted by Gasteiger charge is 2.06. The van der Waals surface area contributed by atoms with E-state index in [-0.39, 0.29) is 5.56 Å². The SMILES string of the molecule is O=C(O)c1ccc(S[N+](=O)[O-])cc1. The van der Waals surface area contributed by atoms with Crippen LogP contribution in [0.5, 0.6) is 0 Å². The lowest BCUT2D eigenvalue weighted by molar-refractivity contribution is -0.284. The van der Waals surface area contributed by atoms with E-state index in [0.29, 0.717) is 16.8 Å². The molecule has 0 aromatic heterocycles. The van der Waals surface area contributed by atoms with Gasteiger partial charge in [0.1, 0.15) is 4.33 Å². The molecule has 1 aromatic rings. The zero-order chi connectivity index (χ0) is 9.84. The Morgan fingerprint density at radius 1 is 1.38 bits per heavy atom. The van der Waals surface area contributed by atoms with Crippen LogP contribution in [-0.4, -0.2) is 15.4 Å². The molecule has 0 fully saturated rings. The lowest BCUT2D eigenvalue weighted by Crippen LogP contribution is -1.95. The van der Waals surface area contributed by atoms with Gasteiger partial charge >= 0.3 is 5.97 Å². The summed E-state index contributed by atoms with van der Waals surface area (Å²) in [5.74, 6) is -1.04. The van der Waals surface area contributed by atoms with Crippen LogP contribution in [0.3, 0.4) is 0 Å². The summed E-state index contributed by atoms with van der Waals surface area (Å²) in [6, 6.07) is 5.45. The van der Waals surface area contributed by atoms with Gasteiger partial charge in [-0.25, -0.2) is 4.79 Å². The van der Waals surface area contributed by atoms with Crippen molar-refractivity contribution >= 4 is 17.9 Å².